The Hall–Kier alpha value is -2.41. The molecule has 0 aliphatic heterocycles. The summed E-state index contributed by atoms with van der Waals surface area (Å²) < 4.78 is 4.64. The van der Waals surface area contributed by atoms with Crippen LogP contribution in [0.4, 0.5) is 10.5 Å². The summed E-state index contributed by atoms with van der Waals surface area (Å²) in [7, 11) is 1.61. The monoisotopic (exact) mass is 279 g/mol. The topological polar surface area (TPSA) is 111 Å². The van der Waals surface area contributed by atoms with Crippen molar-refractivity contribution in [1.82, 2.24) is 5.32 Å². The molecule has 0 aromatic heterocycles. The zero-order valence-electron chi connectivity index (χ0n) is 11.1. The lowest BCUT2D eigenvalue weighted by Gasteiger charge is -2.13. The van der Waals surface area contributed by atoms with Gasteiger partial charge in [0.2, 0.25) is 5.91 Å². The van der Waals surface area contributed by atoms with Crippen molar-refractivity contribution >= 4 is 24.0 Å². The minimum Gasteiger partial charge on any atom is -0.445 e. The van der Waals surface area contributed by atoms with Crippen molar-refractivity contribution in [3.63, 3.8) is 0 Å². The largest absolute Gasteiger partial charge is 0.445 e. The van der Waals surface area contributed by atoms with E-state index in [1.807, 2.05) is 0 Å². The maximum atomic E-state index is 11.8. The average molecular weight is 279 g/mol. The van der Waals surface area contributed by atoms with Crippen molar-refractivity contribution in [1.29, 1.82) is 0 Å². The number of hydrogen-bond acceptors (Lipinski definition) is 5. The van der Waals surface area contributed by atoms with Crippen LogP contribution in [-0.4, -0.2) is 31.4 Å². The summed E-state index contributed by atoms with van der Waals surface area (Å²) in [5.74, 6) is -0.291. The van der Waals surface area contributed by atoms with Gasteiger partial charge in [-0.2, -0.15) is 0 Å². The maximum Gasteiger partial charge on any atom is 0.404 e. The molecule has 0 spiro atoms. The van der Waals surface area contributed by atoms with Gasteiger partial charge in [-0.3, -0.25) is 4.79 Å². The number of rotatable bonds is 7. The minimum absolute atomic E-state index is 0.0772. The number of carbonyl (C=O) groups is 3. The third-order valence-electron chi connectivity index (χ3n) is 2.60. The van der Waals surface area contributed by atoms with Crippen LogP contribution in [-0.2, 0) is 20.9 Å². The molecule has 108 valence electrons. The molecular weight excluding hydrogens is 262 g/mol. The van der Waals surface area contributed by atoms with Gasteiger partial charge >= 0.3 is 6.09 Å². The van der Waals surface area contributed by atoms with Gasteiger partial charge in [0.1, 0.15) is 12.9 Å². The van der Waals surface area contributed by atoms with E-state index in [0.29, 0.717) is 12.0 Å². The van der Waals surface area contributed by atoms with E-state index < -0.39 is 12.1 Å². The van der Waals surface area contributed by atoms with Crippen molar-refractivity contribution in [2.75, 3.05) is 12.4 Å². The number of benzene rings is 1. The Bertz CT molecular complexity index is 473. The molecule has 0 aliphatic rings. The highest BCUT2D eigenvalue weighted by molar-refractivity contribution is 5.96. The molecule has 7 heteroatoms. The van der Waals surface area contributed by atoms with Crippen molar-refractivity contribution in [3.05, 3.63) is 29.8 Å². The molecule has 1 aromatic carbocycles. The van der Waals surface area contributed by atoms with Crippen LogP contribution < -0.4 is 16.4 Å². The van der Waals surface area contributed by atoms with Gasteiger partial charge in [0.05, 0.1) is 6.04 Å². The molecule has 1 rings (SSSR count). The molecule has 0 saturated heterocycles. The van der Waals surface area contributed by atoms with Crippen LogP contribution in [0.1, 0.15) is 12.0 Å². The first kappa shape index (κ1) is 15.6. The van der Waals surface area contributed by atoms with Crippen molar-refractivity contribution in [2.45, 2.75) is 19.1 Å². The van der Waals surface area contributed by atoms with Gasteiger partial charge in [-0.15, -0.1) is 0 Å². The lowest BCUT2D eigenvalue weighted by atomic mass is 10.2. The number of primary amides is 1. The first-order chi connectivity index (χ1) is 9.56. The quantitative estimate of drug-likeness (QED) is 0.626. The molecule has 1 atom stereocenters. The van der Waals surface area contributed by atoms with E-state index in [0.717, 1.165) is 5.56 Å². The highest BCUT2D eigenvalue weighted by Gasteiger charge is 2.15. The Kier molecular flexibility index (Phi) is 6.18. The van der Waals surface area contributed by atoms with Gasteiger partial charge < -0.3 is 25.9 Å². The predicted molar refractivity (Wildman–Crippen MR) is 73.0 cm³/mol. The van der Waals surface area contributed by atoms with Crippen LogP contribution in [0.5, 0.6) is 0 Å². The van der Waals surface area contributed by atoms with Gasteiger partial charge in [-0.25, -0.2) is 4.79 Å². The predicted octanol–water partition coefficient (Wildman–Crippen LogP) is 0.397. The summed E-state index contributed by atoms with van der Waals surface area (Å²) in [6, 6.07) is 6.18. The number of nitrogens with two attached hydrogens (primary N) is 1. The molecule has 4 N–H and O–H groups in total. The van der Waals surface area contributed by atoms with Gasteiger partial charge in [-0.1, -0.05) is 12.1 Å². The molecule has 0 fully saturated rings. The molecule has 0 aliphatic carbocycles. The van der Waals surface area contributed by atoms with Crippen LogP contribution in [0.2, 0.25) is 0 Å². The number of likely N-dealkylation sites (N-methyl/N-ethyl adjacent to an activating group) is 1. The molecule has 20 heavy (non-hydrogen) atoms. The molecule has 7 nitrogen and oxygen atoms in total. The lowest BCUT2D eigenvalue weighted by molar-refractivity contribution is -0.120. The second-order valence-electron chi connectivity index (χ2n) is 4.04. The fourth-order valence-electron chi connectivity index (χ4n) is 1.52. The highest BCUT2D eigenvalue weighted by Crippen LogP contribution is 2.11. The minimum atomic E-state index is -0.840. The molecule has 1 aromatic rings. The Morgan fingerprint density at radius 3 is 2.50 bits per heavy atom. The van der Waals surface area contributed by atoms with Gasteiger partial charge in [0.25, 0.3) is 0 Å². The summed E-state index contributed by atoms with van der Waals surface area (Å²) >= 11 is 0. The fraction of sp³-hybridized carbons (Fsp3) is 0.308. The first-order valence-corrected chi connectivity index (χ1v) is 5.99. The SMILES string of the molecule is CNC(CC=O)C(=O)Nc1ccc(COC(N)=O)cc1. The van der Waals surface area contributed by atoms with Crippen LogP contribution in [0.3, 0.4) is 0 Å². The summed E-state index contributed by atoms with van der Waals surface area (Å²) in [4.78, 5) is 32.7. The molecule has 0 bridgehead atoms. The van der Waals surface area contributed by atoms with Gasteiger partial charge in [0.15, 0.2) is 0 Å². The van der Waals surface area contributed by atoms with Crippen molar-refractivity contribution in [3.8, 4) is 0 Å². The Morgan fingerprint density at radius 2 is 2.00 bits per heavy atom. The molecule has 0 heterocycles. The number of aldehydes is 1. The normalized spacial score (nSPS) is 11.4. The number of ether oxygens (including phenoxy) is 1. The van der Waals surface area contributed by atoms with Crippen LogP contribution in [0, 0.1) is 0 Å². The van der Waals surface area contributed by atoms with E-state index in [1.165, 1.54) is 0 Å². The van der Waals surface area contributed by atoms with E-state index >= 15 is 0 Å². The van der Waals surface area contributed by atoms with Crippen LogP contribution in [0.15, 0.2) is 24.3 Å². The number of amides is 2. The van der Waals surface area contributed by atoms with Crippen molar-refractivity contribution < 1.29 is 19.1 Å². The summed E-state index contributed by atoms with van der Waals surface area (Å²) in [5, 5.41) is 5.43. The molecular formula is C13H17N3O4. The lowest BCUT2D eigenvalue weighted by Crippen LogP contribution is -2.38. The zero-order chi connectivity index (χ0) is 15.0. The van der Waals surface area contributed by atoms with E-state index in [9.17, 15) is 14.4 Å². The summed E-state index contributed by atoms with van der Waals surface area (Å²) in [6.07, 6.45) is -0.0502. The van der Waals surface area contributed by atoms with Crippen LogP contribution >= 0.6 is 0 Å². The second kappa shape index (κ2) is 7.90. The third-order valence-corrected chi connectivity index (χ3v) is 2.60. The maximum absolute atomic E-state index is 11.8. The summed E-state index contributed by atoms with van der Waals surface area (Å²) in [5.41, 5.74) is 6.20. The van der Waals surface area contributed by atoms with E-state index in [1.54, 1.807) is 31.3 Å². The Labute approximate surface area is 116 Å². The number of nitrogens with one attached hydrogen (secondary N) is 2. The van der Waals surface area contributed by atoms with Gasteiger partial charge in [-0.05, 0) is 24.7 Å². The molecule has 1 unspecified atom stereocenters. The molecule has 2 amide bonds. The first-order valence-electron chi connectivity index (χ1n) is 5.99. The zero-order valence-corrected chi connectivity index (χ0v) is 11.1. The summed E-state index contributed by atoms with van der Waals surface area (Å²) in [6.45, 7) is 0.0772. The number of carbonyl (C=O) groups excluding carboxylic acids is 3. The fourth-order valence-corrected chi connectivity index (χ4v) is 1.52. The molecule has 0 saturated carbocycles. The number of hydrogen-bond donors (Lipinski definition) is 3. The standard InChI is InChI=1S/C13H17N3O4/c1-15-11(6-7-17)12(18)16-10-4-2-9(3-5-10)8-20-13(14)19/h2-5,7,11,15H,6,8H2,1H3,(H2,14,19)(H,16,18). The van der Waals surface area contributed by atoms with E-state index in [2.05, 4.69) is 15.4 Å². The third kappa shape index (κ3) is 5.07. The highest BCUT2D eigenvalue weighted by atomic mass is 16.5. The second-order valence-corrected chi connectivity index (χ2v) is 4.04. The van der Waals surface area contributed by atoms with Crippen molar-refractivity contribution in [2.24, 2.45) is 5.73 Å². The van der Waals surface area contributed by atoms with Gasteiger partial charge in [0, 0.05) is 12.1 Å². The van der Waals surface area contributed by atoms with Crippen LogP contribution in [0.25, 0.3) is 0 Å². The van der Waals surface area contributed by atoms with E-state index in [4.69, 9.17) is 5.73 Å². The van der Waals surface area contributed by atoms with E-state index in [-0.39, 0.29) is 18.9 Å². The molecule has 0 radical (unpaired) electrons. The Morgan fingerprint density at radius 1 is 1.35 bits per heavy atom. The average Bonchev–Trinajstić information content (AvgIpc) is 2.43. The number of anilines is 1. The Balaban J connectivity index is 2.58. The smallest absolute Gasteiger partial charge is 0.404 e.